The van der Waals surface area contributed by atoms with Crippen LogP contribution in [0.1, 0.15) is 10.5 Å². The minimum absolute atomic E-state index is 0.0116. The molecule has 0 N–H and O–H groups in total. The Hall–Kier alpha value is -3.01. The van der Waals surface area contributed by atoms with Gasteiger partial charge in [-0.05, 0) is 23.8 Å². The summed E-state index contributed by atoms with van der Waals surface area (Å²) in [5, 5.41) is 0. The second-order valence-electron chi connectivity index (χ2n) is 5.13. The molecule has 4 nitrogen and oxygen atoms in total. The SMILES string of the molecule is COc1ccc(-c2ccc(C(=O)C[n+]3ccccc3)nc2)cc1. The fourth-order valence-corrected chi connectivity index (χ4v) is 2.30. The molecule has 0 aliphatic rings. The molecular weight excluding hydrogens is 288 g/mol. The number of methoxy groups -OCH3 is 1. The average molecular weight is 305 g/mol. The molecule has 0 bridgehead atoms. The molecule has 0 fully saturated rings. The maximum Gasteiger partial charge on any atom is 0.245 e. The topological polar surface area (TPSA) is 43.1 Å². The minimum Gasteiger partial charge on any atom is -0.497 e. The molecule has 1 aromatic carbocycles. The first-order valence-electron chi connectivity index (χ1n) is 7.34. The van der Waals surface area contributed by atoms with Gasteiger partial charge < -0.3 is 4.74 Å². The Kier molecular flexibility index (Phi) is 4.43. The number of rotatable bonds is 5. The number of ether oxygens (including phenoxy) is 1. The number of aromatic nitrogens is 2. The van der Waals surface area contributed by atoms with Crippen molar-refractivity contribution in [2.75, 3.05) is 7.11 Å². The first kappa shape index (κ1) is 14.9. The molecule has 2 aromatic heterocycles. The molecule has 0 aliphatic carbocycles. The Morgan fingerprint density at radius 2 is 1.70 bits per heavy atom. The van der Waals surface area contributed by atoms with Crippen LogP contribution in [0.3, 0.4) is 0 Å². The third kappa shape index (κ3) is 3.61. The van der Waals surface area contributed by atoms with Crippen molar-refractivity contribution in [1.29, 1.82) is 0 Å². The molecule has 0 saturated carbocycles. The molecule has 0 unspecified atom stereocenters. The number of Topliss-reactive ketones (excluding diaryl/α,β-unsaturated/α-hetero) is 1. The molecule has 4 heteroatoms. The van der Waals surface area contributed by atoms with E-state index in [-0.39, 0.29) is 12.3 Å². The van der Waals surface area contributed by atoms with Crippen molar-refractivity contribution in [2.45, 2.75) is 6.54 Å². The summed E-state index contributed by atoms with van der Waals surface area (Å²) in [6.07, 6.45) is 5.46. The van der Waals surface area contributed by atoms with Crippen LogP contribution < -0.4 is 9.30 Å². The molecule has 0 atom stereocenters. The number of carbonyl (C=O) groups is 1. The molecule has 0 saturated heterocycles. The average Bonchev–Trinajstić information content (AvgIpc) is 2.63. The lowest BCUT2D eigenvalue weighted by atomic mass is 10.1. The van der Waals surface area contributed by atoms with E-state index in [9.17, 15) is 4.79 Å². The first-order chi connectivity index (χ1) is 11.3. The van der Waals surface area contributed by atoms with Gasteiger partial charge in [-0.2, -0.15) is 4.57 Å². The lowest BCUT2D eigenvalue weighted by Gasteiger charge is -2.04. The quantitative estimate of drug-likeness (QED) is 0.538. The zero-order valence-corrected chi connectivity index (χ0v) is 12.8. The summed E-state index contributed by atoms with van der Waals surface area (Å²) in [6.45, 7) is 0.287. The van der Waals surface area contributed by atoms with Crippen molar-refractivity contribution in [3.8, 4) is 16.9 Å². The molecular formula is C19H17N2O2+. The van der Waals surface area contributed by atoms with Crippen molar-refractivity contribution in [3.63, 3.8) is 0 Å². The second-order valence-corrected chi connectivity index (χ2v) is 5.13. The first-order valence-corrected chi connectivity index (χ1v) is 7.34. The molecule has 0 radical (unpaired) electrons. The minimum atomic E-state index is -0.0116. The highest BCUT2D eigenvalue weighted by Gasteiger charge is 2.13. The van der Waals surface area contributed by atoms with Crippen molar-refractivity contribution < 1.29 is 14.1 Å². The van der Waals surface area contributed by atoms with Gasteiger partial charge in [0.2, 0.25) is 12.3 Å². The number of ketones is 1. The maximum atomic E-state index is 12.2. The smallest absolute Gasteiger partial charge is 0.245 e. The summed E-state index contributed by atoms with van der Waals surface area (Å²) in [5.41, 5.74) is 2.48. The highest BCUT2D eigenvalue weighted by molar-refractivity contribution is 5.93. The van der Waals surface area contributed by atoms with E-state index in [1.807, 2.05) is 65.5 Å². The van der Waals surface area contributed by atoms with Crippen LogP contribution in [0.2, 0.25) is 0 Å². The van der Waals surface area contributed by atoms with Crippen LogP contribution in [0.15, 0.2) is 73.2 Å². The van der Waals surface area contributed by atoms with Gasteiger partial charge in [-0.1, -0.05) is 24.3 Å². The van der Waals surface area contributed by atoms with Crippen molar-refractivity contribution in [2.24, 2.45) is 0 Å². The Labute approximate surface area is 135 Å². The third-order valence-corrected chi connectivity index (χ3v) is 3.58. The van der Waals surface area contributed by atoms with Gasteiger partial charge in [0.15, 0.2) is 12.4 Å². The zero-order valence-electron chi connectivity index (χ0n) is 12.8. The van der Waals surface area contributed by atoms with E-state index in [0.29, 0.717) is 5.69 Å². The lowest BCUT2D eigenvalue weighted by molar-refractivity contribution is -0.683. The number of carbonyl (C=O) groups excluding carboxylic acids is 1. The van der Waals surface area contributed by atoms with E-state index in [1.165, 1.54) is 0 Å². The van der Waals surface area contributed by atoms with E-state index < -0.39 is 0 Å². The Morgan fingerprint density at radius 1 is 1.00 bits per heavy atom. The van der Waals surface area contributed by atoms with E-state index in [4.69, 9.17) is 4.74 Å². The molecule has 2 heterocycles. The molecule has 3 aromatic rings. The van der Waals surface area contributed by atoms with Crippen LogP contribution in [0, 0.1) is 0 Å². The van der Waals surface area contributed by atoms with Crippen LogP contribution in [-0.2, 0) is 6.54 Å². The highest BCUT2D eigenvalue weighted by Crippen LogP contribution is 2.21. The maximum absolute atomic E-state index is 12.2. The van der Waals surface area contributed by atoms with E-state index >= 15 is 0 Å². The van der Waals surface area contributed by atoms with Gasteiger partial charge in [0.25, 0.3) is 0 Å². The lowest BCUT2D eigenvalue weighted by Crippen LogP contribution is -2.37. The monoisotopic (exact) mass is 305 g/mol. The highest BCUT2D eigenvalue weighted by atomic mass is 16.5. The Morgan fingerprint density at radius 3 is 2.30 bits per heavy atom. The molecule has 0 spiro atoms. The molecule has 23 heavy (non-hydrogen) atoms. The van der Waals surface area contributed by atoms with Gasteiger partial charge in [-0.3, -0.25) is 9.78 Å². The van der Waals surface area contributed by atoms with Gasteiger partial charge in [0, 0.05) is 23.9 Å². The van der Waals surface area contributed by atoms with Crippen LogP contribution in [-0.4, -0.2) is 17.9 Å². The van der Waals surface area contributed by atoms with Crippen LogP contribution in [0.5, 0.6) is 5.75 Å². The van der Waals surface area contributed by atoms with Crippen LogP contribution in [0.25, 0.3) is 11.1 Å². The second kappa shape index (κ2) is 6.83. The van der Waals surface area contributed by atoms with Gasteiger partial charge >= 0.3 is 0 Å². The molecule has 0 aliphatic heterocycles. The number of hydrogen-bond acceptors (Lipinski definition) is 3. The van der Waals surface area contributed by atoms with E-state index in [2.05, 4.69) is 4.98 Å². The summed E-state index contributed by atoms with van der Waals surface area (Å²) in [6, 6.07) is 17.1. The Bertz CT molecular complexity index is 782. The van der Waals surface area contributed by atoms with Crippen molar-refractivity contribution >= 4 is 5.78 Å². The van der Waals surface area contributed by atoms with Gasteiger partial charge in [0.1, 0.15) is 11.4 Å². The molecule has 3 rings (SSSR count). The van der Waals surface area contributed by atoms with Crippen molar-refractivity contribution in [3.05, 3.63) is 78.9 Å². The van der Waals surface area contributed by atoms with Crippen molar-refractivity contribution in [1.82, 2.24) is 4.98 Å². The third-order valence-electron chi connectivity index (χ3n) is 3.58. The summed E-state index contributed by atoms with van der Waals surface area (Å²) in [4.78, 5) is 16.5. The zero-order chi connectivity index (χ0) is 16.1. The predicted octanol–water partition coefficient (Wildman–Crippen LogP) is 2.93. The summed E-state index contributed by atoms with van der Waals surface area (Å²) in [7, 11) is 1.64. The number of pyridine rings is 2. The standard InChI is InChI=1S/C19H17N2O2/c1-23-17-8-5-15(6-9-17)16-7-10-18(20-13-16)19(22)14-21-11-3-2-4-12-21/h2-13H,14H2,1H3/q+1. The largest absolute Gasteiger partial charge is 0.497 e. The van der Waals surface area contributed by atoms with Gasteiger partial charge in [-0.15, -0.1) is 0 Å². The molecule has 0 amide bonds. The van der Waals surface area contributed by atoms with Crippen LogP contribution in [0.4, 0.5) is 0 Å². The van der Waals surface area contributed by atoms with Gasteiger partial charge in [-0.25, -0.2) is 0 Å². The number of nitrogens with zero attached hydrogens (tertiary/aromatic N) is 2. The van der Waals surface area contributed by atoms with Crippen LogP contribution >= 0.6 is 0 Å². The fraction of sp³-hybridized carbons (Fsp3) is 0.105. The number of hydrogen-bond donors (Lipinski definition) is 0. The fourth-order valence-electron chi connectivity index (χ4n) is 2.30. The number of benzene rings is 1. The molecule has 114 valence electrons. The predicted molar refractivity (Wildman–Crippen MR) is 87.2 cm³/mol. The van der Waals surface area contributed by atoms with E-state index in [1.54, 1.807) is 19.4 Å². The van der Waals surface area contributed by atoms with E-state index in [0.717, 1.165) is 16.9 Å². The normalized spacial score (nSPS) is 10.3. The summed E-state index contributed by atoms with van der Waals surface area (Å²) >= 11 is 0. The Balaban J connectivity index is 1.74. The van der Waals surface area contributed by atoms with Gasteiger partial charge in [0.05, 0.1) is 7.11 Å². The summed E-state index contributed by atoms with van der Waals surface area (Å²) < 4.78 is 6.98. The summed E-state index contributed by atoms with van der Waals surface area (Å²) in [5.74, 6) is 0.802.